The summed E-state index contributed by atoms with van der Waals surface area (Å²) >= 11 is 6.06. The lowest BCUT2D eigenvalue weighted by Crippen LogP contribution is -2.38. The number of H-pyrrole nitrogens is 1. The molecule has 28 nitrogen and oxygen atoms in total. The number of imidazole rings is 2. The van der Waals surface area contributed by atoms with Crippen molar-refractivity contribution in [1.29, 1.82) is 5.26 Å². The second kappa shape index (κ2) is 27.0. The maximum Gasteiger partial charge on any atom is 0.695 e. The second-order valence-corrected chi connectivity index (χ2v) is 23.3. The van der Waals surface area contributed by atoms with E-state index < -0.39 is 113 Å². The first-order valence-corrected chi connectivity index (χ1v) is 30.3. The van der Waals surface area contributed by atoms with Crippen LogP contribution in [0.2, 0.25) is 0 Å². The molecule has 2 aliphatic heterocycles. The first-order valence-electron chi connectivity index (χ1n) is 26.6. The van der Waals surface area contributed by atoms with Gasteiger partial charge in [0.15, 0.2) is 52.9 Å². The van der Waals surface area contributed by atoms with Crippen molar-refractivity contribution in [2.45, 2.75) is 75.0 Å². The van der Waals surface area contributed by atoms with Crippen LogP contribution in [0.1, 0.15) is 59.8 Å². The van der Waals surface area contributed by atoms with Crippen LogP contribution in [0.15, 0.2) is 138 Å². The largest absolute Gasteiger partial charge is 0.695 e. The van der Waals surface area contributed by atoms with Gasteiger partial charge >= 0.3 is 15.0 Å². The third-order valence-electron chi connectivity index (χ3n) is 14.1. The normalized spacial score (nSPS) is 21.0. The summed E-state index contributed by atoms with van der Waals surface area (Å²) in [6.07, 6.45) is -8.47. The van der Waals surface area contributed by atoms with Gasteiger partial charge < -0.3 is 38.0 Å². The lowest BCUT2D eigenvalue weighted by Gasteiger charge is -2.37. The summed E-state index contributed by atoms with van der Waals surface area (Å²) in [5, 5.41) is 18.8. The van der Waals surface area contributed by atoms with Crippen LogP contribution in [0.3, 0.4) is 0 Å². The molecule has 10 rings (SSSR count). The average molecular weight is 1250 g/mol. The van der Waals surface area contributed by atoms with E-state index in [1.165, 1.54) is 29.7 Å². The van der Waals surface area contributed by atoms with E-state index in [2.05, 4.69) is 50.6 Å². The van der Waals surface area contributed by atoms with Crippen molar-refractivity contribution < 1.29 is 65.2 Å². The number of benzene rings is 4. The molecule has 87 heavy (non-hydrogen) atoms. The van der Waals surface area contributed by atoms with Crippen LogP contribution < -0.4 is 25.7 Å². The fourth-order valence-corrected chi connectivity index (χ4v) is 12.4. The zero-order valence-electron chi connectivity index (χ0n) is 46.5. The Morgan fingerprint density at radius 1 is 0.862 bits per heavy atom. The summed E-state index contributed by atoms with van der Waals surface area (Å²) in [5.41, 5.74) is 9.51. The smallest absolute Gasteiger partial charge is 0.497 e. The van der Waals surface area contributed by atoms with Gasteiger partial charge in [-0.15, -0.1) is 9.42 Å². The van der Waals surface area contributed by atoms with Crippen LogP contribution in [-0.4, -0.2) is 126 Å². The predicted octanol–water partition coefficient (Wildman–Crippen LogP) is 8.24. The molecule has 0 aliphatic carbocycles. The highest BCUT2D eigenvalue weighted by atomic mass is 32.5. The fraction of sp³-hybridized carbons (Fsp3) is 0.327. The number of fused-ring (bicyclic) bond motifs is 2. The van der Waals surface area contributed by atoms with Crippen molar-refractivity contribution in [3.8, 4) is 17.6 Å². The number of ether oxygens (including phenoxy) is 5. The number of hydrogen-bond acceptors (Lipinski definition) is 21. The minimum atomic E-state index is -4.46. The van der Waals surface area contributed by atoms with E-state index >= 15 is 4.39 Å². The number of rotatable bonds is 25. The number of aromatic nitrogens is 8. The number of azide groups is 1. The number of carbonyl (C=O) groups is 2. The van der Waals surface area contributed by atoms with Gasteiger partial charge in [-0.25, -0.2) is 24.3 Å². The average Bonchev–Trinajstić information content (AvgIpc) is 2.18. The van der Waals surface area contributed by atoms with E-state index in [1.54, 1.807) is 68.4 Å². The summed E-state index contributed by atoms with van der Waals surface area (Å²) < 4.78 is 89.0. The molecule has 10 atom stereocenters. The molecule has 2 amide bonds. The second-order valence-electron chi connectivity index (χ2n) is 19.7. The van der Waals surface area contributed by atoms with Gasteiger partial charge in [0.1, 0.15) is 41.7 Å². The van der Waals surface area contributed by atoms with Crippen LogP contribution in [0.4, 0.5) is 16.2 Å². The van der Waals surface area contributed by atoms with Crippen molar-refractivity contribution >= 4 is 72.7 Å². The molecule has 4 aromatic heterocycles. The molecule has 6 heterocycles. The van der Waals surface area contributed by atoms with Gasteiger partial charge in [-0.05, 0) is 70.4 Å². The first-order chi connectivity index (χ1) is 42.1. The molecular formula is C55H54FN14O14P2S+. The van der Waals surface area contributed by atoms with Crippen molar-refractivity contribution in [1.82, 2.24) is 39.0 Å². The summed E-state index contributed by atoms with van der Waals surface area (Å²) in [7, 11) is -0.359. The number of aromatic amines is 1. The van der Waals surface area contributed by atoms with Gasteiger partial charge in [-0.3, -0.25) is 38.3 Å². The molecule has 2 aliphatic rings. The molecule has 0 saturated carbocycles. The molecule has 4 N–H and O–H groups in total. The van der Waals surface area contributed by atoms with E-state index in [-0.39, 0.29) is 40.5 Å². The Morgan fingerprint density at radius 2 is 1.47 bits per heavy atom. The van der Waals surface area contributed by atoms with Crippen molar-refractivity contribution in [2.75, 3.05) is 44.7 Å². The maximum absolute atomic E-state index is 18.3. The zero-order valence-corrected chi connectivity index (χ0v) is 49.1. The Labute approximate surface area is 499 Å². The predicted molar refractivity (Wildman–Crippen MR) is 311 cm³/mol. The Bertz CT molecular complexity index is 3940. The summed E-state index contributed by atoms with van der Waals surface area (Å²) in [4.78, 5) is 77.1. The van der Waals surface area contributed by atoms with E-state index in [0.29, 0.717) is 33.8 Å². The van der Waals surface area contributed by atoms with Crippen LogP contribution in [0.5, 0.6) is 11.5 Å². The highest BCUT2D eigenvalue weighted by Crippen LogP contribution is 2.56. The van der Waals surface area contributed by atoms with Gasteiger partial charge in [-0.1, -0.05) is 91.8 Å². The monoisotopic (exact) mass is 1250 g/mol. The number of nitrogens with one attached hydrogen (secondary N) is 3. The number of alkyl halides is 1. The van der Waals surface area contributed by atoms with Gasteiger partial charge in [0, 0.05) is 21.0 Å². The lowest BCUT2D eigenvalue weighted by atomic mass is 9.80. The van der Waals surface area contributed by atoms with E-state index in [1.807, 2.05) is 60.7 Å². The number of halogens is 1. The molecule has 0 spiro atoms. The standard InChI is InChI=1S/C55H53FN14O14P2S/c1-31(2)49(71)65-54-64-48-43(51(73)66-54)62-30-70(48)52-44(40(56)38(81-52)26-78-55(33-14-9-6-10-15-33,34-16-20-36(76-3)21-17-34)35-18-22-37(77-4)23-19-35)84-86(87,79-25-11-24-57)80-27-39-41(67-68-58)45(83-85(74)75)53(82-39)69-29-61-42-46(59-28-60-47(42)69)63-50(72)32-12-7-5-8-13-32/h5-10,12-23,28-31,38-41,44-45,52-53H,11,25-27H2,1-4H3,(H3-,59,60,63,64,65,66,71,72,73,74,75)/p+1/t38-,39-,40-,41-,44-,45-,52-,53-,86?/m1/s1. The minimum absolute atomic E-state index is 0.00101. The number of nitriles is 1. The lowest BCUT2D eigenvalue weighted by molar-refractivity contribution is -0.118. The van der Waals surface area contributed by atoms with E-state index in [0.717, 1.165) is 12.7 Å². The molecule has 0 radical (unpaired) electrons. The van der Waals surface area contributed by atoms with Gasteiger partial charge in [-0.2, -0.15) is 10.2 Å². The summed E-state index contributed by atoms with van der Waals surface area (Å²) in [6, 6.07) is 32.2. The first kappa shape index (κ1) is 61.6. The molecule has 2 fully saturated rings. The molecule has 8 aromatic rings. The molecule has 0 bridgehead atoms. The summed E-state index contributed by atoms with van der Waals surface area (Å²) in [6.45, 7) is -2.83. The van der Waals surface area contributed by atoms with Gasteiger partial charge in [0.2, 0.25) is 11.9 Å². The Hall–Kier alpha value is -8.52. The molecule has 2 saturated heterocycles. The number of carbonyl (C=O) groups excluding carboxylic acids is 2. The maximum atomic E-state index is 18.3. The molecule has 450 valence electrons. The molecular weight excluding hydrogens is 1190 g/mol. The molecule has 32 heteroatoms. The fourth-order valence-electron chi connectivity index (χ4n) is 9.89. The van der Waals surface area contributed by atoms with Crippen molar-refractivity contribution in [2.24, 2.45) is 11.0 Å². The quantitative estimate of drug-likeness (QED) is 0.0104. The topological polar surface area (TPSA) is 358 Å². The number of amides is 2. The highest BCUT2D eigenvalue weighted by molar-refractivity contribution is 8.07. The van der Waals surface area contributed by atoms with Crippen molar-refractivity contribution in [3.05, 3.63) is 171 Å². The highest BCUT2D eigenvalue weighted by Gasteiger charge is 2.54. The minimum Gasteiger partial charge on any atom is -0.497 e. The van der Waals surface area contributed by atoms with Gasteiger partial charge in [0.25, 0.3) is 11.5 Å². The van der Waals surface area contributed by atoms with Gasteiger partial charge in [0.05, 0.1) is 65.3 Å². The number of nitrogens with zero attached hydrogens (tertiary/aromatic N) is 11. The van der Waals surface area contributed by atoms with Crippen LogP contribution in [0.25, 0.3) is 32.8 Å². The number of anilines is 2. The Morgan fingerprint density at radius 3 is 2.09 bits per heavy atom. The summed E-state index contributed by atoms with van der Waals surface area (Å²) in [5.74, 6) is -0.689. The van der Waals surface area contributed by atoms with Crippen LogP contribution in [-0.2, 0) is 59.1 Å². The SMILES string of the molecule is COc1ccc(C(OC[C@H]2O[C@@H](n3cnc4c(=O)[nH]c(NC(=O)C(C)C)nc43)[C@H](OP(=S)(OCCC#N)OC[C@H]3O[C@@H](n4cnc5c(NC(=O)c6ccccc6)ncnc54)[C@H](O[P+](=O)O)[C@@H]3N=[N+]=[N-])[C@@H]2F)(c2ccccc2)c2ccc(OC)cc2)cc1. The molecule has 4 aromatic carbocycles. The van der Waals surface area contributed by atoms with E-state index in [4.69, 9.17) is 53.6 Å². The number of methoxy groups -OCH3 is 2. The third-order valence-corrected chi connectivity index (χ3v) is 16.9. The third kappa shape index (κ3) is 13.1. The zero-order chi connectivity index (χ0) is 61.4. The Balaban J connectivity index is 1.01. The van der Waals surface area contributed by atoms with Crippen LogP contribution in [0, 0.1) is 17.2 Å². The molecule has 2 unspecified atom stereocenters. The number of hydrogen-bond donors (Lipinski definition) is 4. The Kier molecular flexibility index (Phi) is 19.1. The van der Waals surface area contributed by atoms with E-state index in [9.17, 15) is 34.6 Å². The van der Waals surface area contributed by atoms with Crippen molar-refractivity contribution in [3.63, 3.8) is 0 Å². The van der Waals surface area contributed by atoms with Crippen LogP contribution >= 0.6 is 15.0 Å².